The number of piperazine rings is 1. The molecule has 1 amide bonds. The summed E-state index contributed by atoms with van der Waals surface area (Å²) in [5.74, 6) is 1.78. The number of carbonyl (C=O) groups excluding carboxylic acids is 1. The molecule has 5 nitrogen and oxygen atoms in total. The Labute approximate surface area is 198 Å². The van der Waals surface area contributed by atoms with E-state index in [1.807, 2.05) is 53.6 Å². The fourth-order valence-corrected chi connectivity index (χ4v) is 4.84. The van der Waals surface area contributed by atoms with Crippen LogP contribution in [0.2, 0.25) is 5.02 Å². The topological polar surface area (TPSA) is 42.0 Å². The summed E-state index contributed by atoms with van der Waals surface area (Å²) in [5, 5.41) is 2.70. The highest BCUT2D eigenvalue weighted by Crippen LogP contribution is 2.24. The molecule has 0 radical (unpaired) electrons. The van der Waals surface area contributed by atoms with Crippen molar-refractivity contribution < 1.29 is 14.3 Å². The number of rotatable bonds is 7. The lowest BCUT2D eigenvalue weighted by molar-refractivity contribution is 0.0633. The maximum absolute atomic E-state index is 13.0. The molecule has 1 fully saturated rings. The molecule has 1 aliphatic heterocycles. The van der Waals surface area contributed by atoms with Crippen molar-refractivity contribution in [2.24, 2.45) is 0 Å². The quantitative estimate of drug-likeness (QED) is 0.472. The lowest BCUT2D eigenvalue weighted by Gasteiger charge is -2.34. The molecule has 1 aliphatic rings. The molecule has 1 saturated heterocycles. The van der Waals surface area contributed by atoms with Crippen molar-refractivity contribution in [1.29, 1.82) is 0 Å². The van der Waals surface area contributed by atoms with Crippen molar-refractivity contribution in [2.75, 3.05) is 33.3 Å². The lowest BCUT2D eigenvalue weighted by Crippen LogP contribution is -2.48. The number of hydrogen-bond donors (Lipinski definition) is 0. The standard InChI is InChI=1S/C25H27ClN2O3S/c1-18-13-21(26)5-8-23(18)31-16-20-14-24(32-17-20)25(29)28-11-9-27(10-12-28)15-19-3-6-22(30-2)7-4-19/h3-8,13-14,17H,9-12,15-16H2,1-2H3. The number of hydrogen-bond acceptors (Lipinski definition) is 5. The van der Waals surface area contributed by atoms with Gasteiger partial charge in [0.2, 0.25) is 0 Å². The highest BCUT2D eigenvalue weighted by Gasteiger charge is 2.23. The molecule has 4 rings (SSSR count). The molecule has 0 N–H and O–H groups in total. The van der Waals surface area contributed by atoms with Crippen molar-refractivity contribution in [1.82, 2.24) is 9.80 Å². The van der Waals surface area contributed by atoms with Gasteiger partial charge in [0, 0.05) is 43.3 Å². The van der Waals surface area contributed by atoms with Gasteiger partial charge in [-0.25, -0.2) is 0 Å². The highest BCUT2D eigenvalue weighted by atomic mass is 35.5. The Hall–Kier alpha value is -2.54. The third-order valence-corrected chi connectivity index (χ3v) is 6.82. The molecule has 1 aromatic heterocycles. The first-order valence-electron chi connectivity index (χ1n) is 10.6. The Morgan fingerprint density at radius 2 is 1.78 bits per heavy atom. The van der Waals surface area contributed by atoms with Gasteiger partial charge in [0.25, 0.3) is 5.91 Å². The van der Waals surface area contributed by atoms with E-state index in [2.05, 4.69) is 17.0 Å². The SMILES string of the molecule is COc1ccc(CN2CCN(C(=O)c3cc(COc4ccc(Cl)cc4C)cs3)CC2)cc1. The maximum atomic E-state index is 13.0. The van der Waals surface area contributed by atoms with Gasteiger partial charge in [-0.1, -0.05) is 23.7 Å². The Kier molecular flexibility index (Phi) is 7.35. The van der Waals surface area contributed by atoms with Crippen LogP contribution in [0.1, 0.15) is 26.4 Å². The number of ether oxygens (including phenoxy) is 2. The van der Waals surface area contributed by atoms with Crippen molar-refractivity contribution in [3.05, 3.63) is 80.5 Å². The fraction of sp³-hybridized carbons (Fsp3) is 0.320. The predicted molar refractivity (Wildman–Crippen MR) is 129 cm³/mol. The van der Waals surface area contributed by atoms with Gasteiger partial charge in [-0.05, 0) is 59.8 Å². The molecule has 0 saturated carbocycles. The van der Waals surface area contributed by atoms with Crippen LogP contribution >= 0.6 is 22.9 Å². The first-order valence-corrected chi connectivity index (χ1v) is 11.9. The monoisotopic (exact) mass is 470 g/mol. The zero-order chi connectivity index (χ0) is 22.5. The van der Waals surface area contributed by atoms with Crippen molar-refractivity contribution in [3.63, 3.8) is 0 Å². The lowest BCUT2D eigenvalue weighted by atomic mass is 10.2. The zero-order valence-corrected chi connectivity index (χ0v) is 19.9. The minimum absolute atomic E-state index is 0.105. The molecule has 0 bridgehead atoms. The van der Waals surface area contributed by atoms with Gasteiger partial charge < -0.3 is 14.4 Å². The van der Waals surface area contributed by atoms with E-state index in [-0.39, 0.29) is 5.91 Å². The fourth-order valence-electron chi connectivity index (χ4n) is 3.75. The van der Waals surface area contributed by atoms with Gasteiger partial charge in [0.05, 0.1) is 12.0 Å². The molecule has 3 aromatic rings. The molecular formula is C25H27ClN2O3S. The van der Waals surface area contributed by atoms with Gasteiger partial charge >= 0.3 is 0 Å². The third-order valence-electron chi connectivity index (χ3n) is 5.62. The summed E-state index contributed by atoms with van der Waals surface area (Å²) in [6, 6.07) is 15.7. The Balaban J connectivity index is 1.27. The van der Waals surface area contributed by atoms with Crippen LogP contribution in [0.25, 0.3) is 0 Å². The maximum Gasteiger partial charge on any atom is 0.264 e. The smallest absolute Gasteiger partial charge is 0.264 e. The van der Waals surface area contributed by atoms with Crippen LogP contribution in [0.3, 0.4) is 0 Å². The van der Waals surface area contributed by atoms with Gasteiger partial charge in [0.1, 0.15) is 18.1 Å². The molecule has 0 atom stereocenters. The summed E-state index contributed by atoms with van der Waals surface area (Å²) in [5.41, 5.74) is 3.26. The van der Waals surface area contributed by atoms with Crippen LogP contribution in [0, 0.1) is 6.92 Å². The first-order chi connectivity index (χ1) is 15.5. The average molecular weight is 471 g/mol. The summed E-state index contributed by atoms with van der Waals surface area (Å²) in [7, 11) is 1.68. The highest BCUT2D eigenvalue weighted by molar-refractivity contribution is 7.12. The van der Waals surface area contributed by atoms with Crippen molar-refractivity contribution >= 4 is 28.8 Å². The molecule has 0 spiro atoms. The van der Waals surface area contributed by atoms with Crippen molar-refractivity contribution in [2.45, 2.75) is 20.1 Å². The molecule has 2 heterocycles. The van der Waals surface area contributed by atoms with Gasteiger partial charge in [0.15, 0.2) is 0 Å². The van der Waals surface area contributed by atoms with Gasteiger partial charge in [-0.15, -0.1) is 11.3 Å². The van der Waals surface area contributed by atoms with Crippen LogP contribution < -0.4 is 9.47 Å². The number of methoxy groups -OCH3 is 1. The van der Waals surface area contributed by atoms with E-state index in [0.717, 1.165) is 60.2 Å². The van der Waals surface area contributed by atoms with Crippen LogP contribution in [0.4, 0.5) is 0 Å². The number of nitrogens with zero attached hydrogens (tertiary/aromatic N) is 2. The summed E-state index contributed by atoms with van der Waals surface area (Å²) in [4.78, 5) is 18.1. The molecule has 2 aromatic carbocycles. The van der Waals surface area contributed by atoms with E-state index in [1.54, 1.807) is 7.11 Å². The summed E-state index contributed by atoms with van der Waals surface area (Å²) in [6.45, 7) is 6.51. The number of thiophene rings is 1. The van der Waals surface area contributed by atoms with Gasteiger partial charge in [-0.3, -0.25) is 9.69 Å². The molecule has 168 valence electrons. The average Bonchev–Trinajstić information content (AvgIpc) is 3.28. The van der Waals surface area contributed by atoms with Crippen LogP contribution in [-0.4, -0.2) is 49.0 Å². The third kappa shape index (κ3) is 5.63. The van der Waals surface area contributed by atoms with Crippen LogP contribution in [0.5, 0.6) is 11.5 Å². The van der Waals surface area contributed by atoms with Gasteiger partial charge in [-0.2, -0.15) is 0 Å². The van der Waals surface area contributed by atoms with E-state index >= 15 is 0 Å². The minimum Gasteiger partial charge on any atom is -0.497 e. The summed E-state index contributed by atoms with van der Waals surface area (Å²) < 4.78 is 11.1. The molecule has 7 heteroatoms. The molecule has 0 unspecified atom stereocenters. The minimum atomic E-state index is 0.105. The summed E-state index contributed by atoms with van der Waals surface area (Å²) in [6.07, 6.45) is 0. The molecule has 32 heavy (non-hydrogen) atoms. The second-order valence-electron chi connectivity index (χ2n) is 7.93. The van der Waals surface area contributed by atoms with E-state index in [0.29, 0.717) is 11.6 Å². The predicted octanol–water partition coefficient (Wildman–Crippen LogP) is 5.26. The van der Waals surface area contributed by atoms with Crippen molar-refractivity contribution in [3.8, 4) is 11.5 Å². The van der Waals surface area contributed by atoms with E-state index in [1.165, 1.54) is 16.9 Å². The Bertz CT molecular complexity index is 1060. The number of aryl methyl sites for hydroxylation is 1. The number of amides is 1. The normalized spacial score (nSPS) is 14.4. The Morgan fingerprint density at radius 3 is 2.47 bits per heavy atom. The van der Waals surface area contributed by atoms with Crippen LogP contribution in [0.15, 0.2) is 53.9 Å². The zero-order valence-electron chi connectivity index (χ0n) is 18.3. The number of benzene rings is 2. The van der Waals surface area contributed by atoms with E-state index < -0.39 is 0 Å². The molecule has 0 aliphatic carbocycles. The summed E-state index contributed by atoms with van der Waals surface area (Å²) >= 11 is 7.49. The van der Waals surface area contributed by atoms with E-state index in [4.69, 9.17) is 21.1 Å². The number of carbonyl (C=O) groups is 1. The Morgan fingerprint density at radius 1 is 1.03 bits per heavy atom. The van der Waals surface area contributed by atoms with E-state index in [9.17, 15) is 4.79 Å². The molecular weight excluding hydrogens is 444 g/mol. The van der Waals surface area contributed by atoms with Crippen LogP contribution in [-0.2, 0) is 13.2 Å². The number of halogens is 1. The first kappa shape index (κ1) is 22.6. The second-order valence-corrected chi connectivity index (χ2v) is 9.28. The largest absolute Gasteiger partial charge is 0.497 e. The second kappa shape index (κ2) is 10.4.